The van der Waals surface area contributed by atoms with Gasteiger partial charge in [-0.15, -0.1) is 0 Å². The molecule has 0 aliphatic rings. The third-order valence-electron chi connectivity index (χ3n) is 3.13. The fraction of sp³-hybridized carbons (Fsp3) is 0.188. The molecule has 5 heteroatoms. The van der Waals surface area contributed by atoms with Crippen molar-refractivity contribution in [1.29, 1.82) is 0 Å². The third kappa shape index (κ3) is 3.64. The van der Waals surface area contributed by atoms with Crippen molar-refractivity contribution in [3.8, 4) is 5.75 Å². The topological polar surface area (TPSA) is 50.5 Å². The van der Waals surface area contributed by atoms with Crippen LogP contribution in [0.15, 0.2) is 42.5 Å². The molecule has 2 rings (SSSR count). The predicted molar refractivity (Wildman–Crippen MR) is 92.9 cm³/mol. The molecule has 0 fully saturated rings. The number of hydrogen-bond donors (Lipinski definition) is 2. The van der Waals surface area contributed by atoms with Crippen LogP contribution in [-0.2, 0) is 0 Å². The Kier molecular flexibility index (Phi) is 4.65. The van der Waals surface area contributed by atoms with E-state index >= 15 is 0 Å². The Bertz CT molecular complexity index is 656. The molecule has 0 bridgehead atoms. The number of nitrogens with two attached hydrogens (primary N) is 1. The highest BCUT2D eigenvalue weighted by atomic mass is 32.1. The normalized spacial score (nSPS) is 10.0. The van der Waals surface area contributed by atoms with Crippen molar-refractivity contribution in [2.75, 3.05) is 31.4 Å². The van der Waals surface area contributed by atoms with Gasteiger partial charge in [0.15, 0.2) is 0 Å². The fourth-order valence-corrected chi connectivity index (χ4v) is 2.16. The first kappa shape index (κ1) is 15.1. The highest BCUT2D eigenvalue weighted by molar-refractivity contribution is 7.80. The number of ether oxygens (including phenoxy) is 1. The van der Waals surface area contributed by atoms with Gasteiger partial charge in [-0.25, -0.2) is 0 Å². The summed E-state index contributed by atoms with van der Waals surface area (Å²) in [5.41, 5.74) is 9.48. The van der Waals surface area contributed by atoms with Crippen LogP contribution in [0.2, 0.25) is 0 Å². The molecule has 0 unspecified atom stereocenters. The molecule has 21 heavy (non-hydrogen) atoms. The minimum absolute atomic E-state index is 0.351. The Morgan fingerprint density at radius 3 is 2.57 bits per heavy atom. The Morgan fingerprint density at radius 1 is 1.19 bits per heavy atom. The summed E-state index contributed by atoms with van der Waals surface area (Å²) in [6, 6.07) is 13.7. The molecule has 4 nitrogen and oxygen atoms in total. The van der Waals surface area contributed by atoms with Crippen LogP contribution in [0.25, 0.3) is 0 Å². The van der Waals surface area contributed by atoms with Gasteiger partial charge in [-0.2, -0.15) is 0 Å². The summed E-state index contributed by atoms with van der Waals surface area (Å²) in [6.07, 6.45) is 0. The lowest BCUT2D eigenvalue weighted by Crippen LogP contribution is -2.12. The molecule has 0 aromatic heterocycles. The van der Waals surface area contributed by atoms with Crippen LogP contribution in [-0.4, -0.2) is 26.2 Å². The number of hydrogen-bond acceptors (Lipinski definition) is 4. The zero-order chi connectivity index (χ0) is 15.4. The Labute approximate surface area is 130 Å². The summed E-state index contributed by atoms with van der Waals surface area (Å²) < 4.78 is 5.26. The lowest BCUT2D eigenvalue weighted by Gasteiger charge is -2.16. The molecule has 0 aliphatic carbocycles. The van der Waals surface area contributed by atoms with Crippen molar-refractivity contribution in [2.45, 2.75) is 0 Å². The SMILES string of the molecule is COc1ccc(C(N)=S)c(Nc2cccc(N(C)C)c2)c1. The van der Waals surface area contributed by atoms with Crippen LogP contribution in [0.1, 0.15) is 5.56 Å². The summed E-state index contributed by atoms with van der Waals surface area (Å²) in [4.78, 5) is 2.40. The Balaban J connectivity index is 2.38. The Morgan fingerprint density at radius 2 is 1.95 bits per heavy atom. The summed E-state index contributed by atoms with van der Waals surface area (Å²) in [5, 5.41) is 3.35. The first-order valence-corrected chi connectivity index (χ1v) is 6.94. The van der Waals surface area contributed by atoms with Gasteiger partial charge in [0.2, 0.25) is 0 Å². The van der Waals surface area contributed by atoms with Crippen molar-refractivity contribution < 1.29 is 4.74 Å². The van der Waals surface area contributed by atoms with E-state index in [1.165, 1.54) is 0 Å². The Hall–Kier alpha value is -2.27. The number of anilines is 3. The van der Waals surface area contributed by atoms with Gasteiger partial charge in [0, 0.05) is 37.1 Å². The van der Waals surface area contributed by atoms with Gasteiger partial charge in [-0.3, -0.25) is 0 Å². The van der Waals surface area contributed by atoms with E-state index < -0.39 is 0 Å². The van der Waals surface area contributed by atoms with Crippen LogP contribution in [0.4, 0.5) is 17.1 Å². The van der Waals surface area contributed by atoms with Crippen LogP contribution in [0.3, 0.4) is 0 Å². The monoisotopic (exact) mass is 301 g/mol. The van der Waals surface area contributed by atoms with E-state index in [9.17, 15) is 0 Å². The second kappa shape index (κ2) is 6.45. The minimum atomic E-state index is 0.351. The predicted octanol–water partition coefficient (Wildman–Crippen LogP) is 3.14. The molecule has 2 aromatic carbocycles. The molecule has 0 saturated heterocycles. The second-order valence-corrected chi connectivity index (χ2v) is 5.29. The van der Waals surface area contributed by atoms with Crippen LogP contribution in [0.5, 0.6) is 5.75 Å². The average Bonchev–Trinajstić information content (AvgIpc) is 2.47. The van der Waals surface area contributed by atoms with Crippen molar-refractivity contribution in [1.82, 2.24) is 0 Å². The maximum atomic E-state index is 5.78. The molecule has 110 valence electrons. The molecule has 0 atom stereocenters. The summed E-state index contributed by atoms with van der Waals surface area (Å²) in [6.45, 7) is 0. The number of nitrogens with one attached hydrogen (secondary N) is 1. The number of rotatable bonds is 5. The third-order valence-corrected chi connectivity index (χ3v) is 3.35. The van der Waals surface area contributed by atoms with Crippen LogP contribution >= 0.6 is 12.2 Å². The van der Waals surface area contributed by atoms with E-state index in [0.29, 0.717) is 4.99 Å². The van der Waals surface area contributed by atoms with Gasteiger partial charge in [0.25, 0.3) is 0 Å². The molecule has 3 N–H and O–H groups in total. The van der Waals surface area contributed by atoms with Gasteiger partial charge in [-0.05, 0) is 30.3 Å². The lowest BCUT2D eigenvalue weighted by atomic mass is 10.1. The number of benzene rings is 2. The first-order chi connectivity index (χ1) is 10.0. The van der Waals surface area contributed by atoms with Crippen molar-refractivity contribution in [3.05, 3.63) is 48.0 Å². The largest absolute Gasteiger partial charge is 0.497 e. The minimum Gasteiger partial charge on any atom is -0.497 e. The molecule has 0 amide bonds. The van der Waals surface area contributed by atoms with E-state index in [4.69, 9.17) is 22.7 Å². The van der Waals surface area contributed by atoms with Gasteiger partial charge in [0.05, 0.1) is 12.8 Å². The highest BCUT2D eigenvalue weighted by Crippen LogP contribution is 2.27. The molecule has 0 heterocycles. The quantitative estimate of drug-likeness (QED) is 0.831. The van der Waals surface area contributed by atoms with E-state index in [0.717, 1.165) is 28.4 Å². The molecular formula is C16H19N3OS. The van der Waals surface area contributed by atoms with Gasteiger partial charge < -0.3 is 20.7 Å². The lowest BCUT2D eigenvalue weighted by molar-refractivity contribution is 0.415. The van der Waals surface area contributed by atoms with Crippen LogP contribution in [0, 0.1) is 0 Å². The molecular weight excluding hydrogens is 282 g/mol. The average molecular weight is 301 g/mol. The molecule has 2 aromatic rings. The standard InChI is InChI=1S/C16H19N3OS/c1-19(2)12-6-4-5-11(9-12)18-15-10-13(20-3)7-8-14(15)16(17)21/h4-10,18H,1-3H3,(H2,17,21). The number of nitrogens with zero attached hydrogens (tertiary/aromatic N) is 1. The molecule has 0 aliphatic heterocycles. The first-order valence-electron chi connectivity index (χ1n) is 6.53. The van der Waals surface area contributed by atoms with E-state index in [1.807, 2.05) is 55.4 Å². The van der Waals surface area contributed by atoms with E-state index in [1.54, 1.807) is 7.11 Å². The zero-order valence-corrected chi connectivity index (χ0v) is 13.2. The molecule has 0 saturated carbocycles. The van der Waals surface area contributed by atoms with E-state index in [2.05, 4.69) is 11.4 Å². The van der Waals surface area contributed by atoms with Crippen molar-refractivity contribution in [2.24, 2.45) is 5.73 Å². The molecule has 0 spiro atoms. The maximum Gasteiger partial charge on any atom is 0.120 e. The fourth-order valence-electron chi connectivity index (χ4n) is 1.99. The molecule has 0 radical (unpaired) electrons. The maximum absolute atomic E-state index is 5.78. The van der Waals surface area contributed by atoms with Crippen molar-refractivity contribution >= 4 is 34.3 Å². The summed E-state index contributed by atoms with van der Waals surface area (Å²) in [7, 11) is 5.64. The zero-order valence-electron chi connectivity index (χ0n) is 12.4. The summed E-state index contributed by atoms with van der Waals surface area (Å²) in [5.74, 6) is 0.751. The van der Waals surface area contributed by atoms with E-state index in [-0.39, 0.29) is 0 Å². The highest BCUT2D eigenvalue weighted by Gasteiger charge is 2.08. The number of methoxy groups -OCH3 is 1. The second-order valence-electron chi connectivity index (χ2n) is 4.85. The smallest absolute Gasteiger partial charge is 0.120 e. The van der Waals surface area contributed by atoms with Gasteiger partial charge >= 0.3 is 0 Å². The van der Waals surface area contributed by atoms with Gasteiger partial charge in [0.1, 0.15) is 10.7 Å². The summed E-state index contributed by atoms with van der Waals surface area (Å²) >= 11 is 5.10. The van der Waals surface area contributed by atoms with Gasteiger partial charge in [-0.1, -0.05) is 18.3 Å². The number of thiocarbonyl (C=S) groups is 1. The van der Waals surface area contributed by atoms with Crippen LogP contribution < -0.4 is 20.7 Å². The van der Waals surface area contributed by atoms with Crippen molar-refractivity contribution in [3.63, 3.8) is 0 Å².